The number of nitrogens with zero attached hydrogens (tertiary/aromatic N) is 1. The van der Waals surface area contributed by atoms with E-state index in [-0.39, 0.29) is 19.0 Å². The van der Waals surface area contributed by atoms with Crippen LogP contribution in [0.5, 0.6) is 5.75 Å². The Morgan fingerprint density at radius 2 is 1.87 bits per heavy atom. The van der Waals surface area contributed by atoms with Gasteiger partial charge in [0, 0.05) is 5.02 Å². The summed E-state index contributed by atoms with van der Waals surface area (Å²) in [7, 11) is 0. The van der Waals surface area contributed by atoms with Gasteiger partial charge in [0.2, 0.25) is 5.91 Å². The Morgan fingerprint density at radius 3 is 2.52 bits per heavy atom. The lowest BCUT2D eigenvalue weighted by Gasteiger charge is -2.08. The first kappa shape index (κ1) is 16.7. The van der Waals surface area contributed by atoms with Crippen molar-refractivity contribution in [3.8, 4) is 5.75 Å². The average Bonchev–Trinajstić information content (AvgIpc) is 2.54. The van der Waals surface area contributed by atoms with Gasteiger partial charge in [0.25, 0.3) is 5.91 Å². The lowest BCUT2D eigenvalue weighted by Crippen LogP contribution is -2.35. The van der Waals surface area contributed by atoms with Crippen molar-refractivity contribution < 1.29 is 18.7 Å². The minimum absolute atomic E-state index is 0.197. The molecule has 0 aliphatic heterocycles. The van der Waals surface area contributed by atoms with Crippen LogP contribution in [0, 0.1) is 5.82 Å². The number of anilines is 1. The lowest BCUT2D eigenvalue weighted by molar-refractivity contribution is -0.125. The molecule has 8 heteroatoms. The standard InChI is InChI=1S/C15H13ClFN3O3/c16-10-1-4-12(5-2-10)23-9-15(22)19-8-14(21)20-13-6-3-11(17)7-18-13/h1-7H,8-9H2,(H,19,22)(H,18,20,21). The van der Waals surface area contributed by atoms with Crippen LogP contribution in [0.25, 0.3) is 0 Å². The molecule has 1 aromatic heterocycles. The molecule has 0 saturated heterocycles. The smallest absolute Gasteiger partial charge is 0.258 e. The third kappa shape index (κ3) is 5.91. The van der Waals surface area contributed by atoms with Gasteiger partial charge in [-0.2, -0.15) is 0 Å². The second-order valence-corrected chi connectivity index (χ2v) is 4.87. The number of hydrogen-bond donors (Lipinski definition) is 2. The van der Waals surface area contributed by atoms with Crippen molar-refractivity contribution in [3.05, 3.63) is 53.4 Å². The molecule has 0 radical (unpaired) electrons. The van der Waals surface area contributed by atoms with E-state index in [9.17, 15) is 14.0 Å². The Kier molecular flexibility index (Phi) is 5.87. The summed E-state index contributed by atoms with van der Waals surface area (Å²) in [5.41, 5.74) is 0. The number of carbonyl (C=O) groups is 2. The van der Waals surface area contributed by atoms with Crippen LogP contribution in [0.2, 0.25) is 5.02 Å². The van der Waals surface area contributed by atoms with Crippen molar-refractivity contribution >= 4 is 29.2 Å². The molecular weight excluding hydrogens is 325 g/mol. The van der Waals surface area contributed by atoms with Crippen LogP contribution >= 0.6 is 11.6 Å². The highest BCUT2D eigenvalue weighted by atomic mass is 35.5. The summed E-state index contributed by atoms with van der Waals surface area (Å²) in [6.45, 7) is -0.481. The monoisotopic (exact) mass is 337 g/mol. The minimum atomic E-state index is -0.504. The summed E-state index contributed by atoms with van der Waals surface area (Å²) < 4.78 is 17.9. The van der Waals surface area contributed by atoms with Crippen LogP contribution in [-0.4, -0.2) is 29.9 Å². The molecule has 120 valence electrons. The highest BCUT2D eigenvalue weighted by molar-refractivity contribution is 6.30. The van der Waals surface area contributed by atoms with Gasteiger partial charge in [0.05, 0.1) is 12.7 Å². The molecule has 6 nitrogen and oxygen atoms in total. The maximum Gasteiger partial charge on any atom is 0.258 e. The van der Waals surface area contributed by atoms with Gasteiger partial charge in [-0.15, -0.1) is 0 Å². The number of aromatic nitrogens is 1. The van der Waals surface area contributed by atoms with Gasteiger partial charge >= 0.3 is 0 Å². The zero-order valence-corrected chi connectivity index (χ0v) is 12.6. The normalized spacial score (nSPS) is 10.0. The van der Waals surface area contributed by atoms with Crippen molar-refractivity contribution in [1.29, 1.82) is 0 Å². The molecule has 0 atom stereocenters. The predicted molar refractivity (Wildman–Crippen MR) is 82.8 cm³/mol. The first-order valence-corrected chi connectivity index (χ1v) is 6.97. The van der Waals surface area contributed by atoms with Gasteiger partial charge in [-0.25, -0.2) is 9.37 Å². The molecule has 0 saturated carbocycles. The van der Waals surface area contributed by atoms with E-state index >= 15 is 0 Å². The van der Waals surface area contributed by atoms with Gasteiger partial charge in [0.1, 0.15) is 17.4 Å². The zero-order valence-electron chi connectivity index (χ0n) is 11.9. The molecule has 0 fully saturated rings. The fourth-order valence-corrected chi connectivity index (χ4v) is 1.67. The maximum absolute atomic E-state index is 12.7. The highest BCUT2D eigenvalue weighted by Crippen LogP contribution is 2.15. The minimum Gasteiger partial charge on any atom is -0.484 e. The molecular formula is C15H13ClFN3O3. The summed E-state index contributed by atoms with van der Waals surface area (Å²) >= 11 is 5.73. The molecule has 0 spiro atoms. The molecule has 0 unspecified atom stereocenters. The first-order valence-electron chi connectivity index (χ1n) is 6.59. The Labute approximate surface area is 136 Å². The number of amides is 2. The SMILES string of the molecule is O=C(COc1ccc(Cl)cc1)NCC(=O)Nc1ccc(F)cn1. The van der Waals surface area contributed by atoms with Gasteiger partial charge in [0.15, 0.2) is 6.61 Å². The van der Waals surface area contributed by atoms with E-state index < -0.39 is 17.6 Å². The van der Waals surface area contributed by atoms with Crippen molar-refractivity contribution in [1.82, 2.24) is 10.3 Å². The van der Waals surface area contributed by atoms with Crippen molar-refractivity contribution in [3.63, 3.8) is 0 Å². The Morgan fingerprint density at radius 1 is 1.13 bits per heavy atom. The van der Waals surface area contributed by atoms with E-state index in [2.05, 4.69) is 15.6 Å². The Balaban J connectivity index is 1.70. The number of halogens is 2. The van der Waals surface area contributed by atoms with E-state index in [0.29, 0.717) is 10.8 Å². The number of benzene rings is 1. The molecule has 2 amide bonds. The molecule has 1 heterocycles. The van der Waals surface area contributed by atoms with E-state index in [0.717, 1.165) is 6.20 Å². The molecule has 1 aromatic carbocycles. The zero-order chi connectivity index (χ0) is 16.7. The fourth-order valence-electron chi connectivity index (χ4n) is 1.55. The van der Waals surface area contributed by atoms with Crippen LogP contribution in [0.1, 0.15) is 0 Å². The summed E-state index contributed by atoms with van der Waals surface area (Å²) in [6, 6.07) is 9.01. The van der Waals surface area contributed by atoms with Crippen molar-refractivity contribution in [2.45, 2.75) is 0 Å². The average molecular weight is 338 g/mol. The van der Waals surface area contributed by atoms with Crippen LogP contribution in [-0.2, 0) is 9.59 Å². The van der Waals surface area contributed by atoms with Crippen LogP contribution in [0.3, 0.4) is 0 Å². The topological polar surface area (TPSA) is 80.3 Å². The van der Waals surface area contributed by atoms with Crippen molar-refractivity contribution in [2.75, 3.05) is 18.5 Å². The summed E-state index contributed by atoms with van der Waals surface area (Å²) in [5.74, 6) is -0.755. The summed E-state index contributed by atoms with van der Waals surface area (Å²) in [5, 5.41) is 5.37. The quantitative estimate of drug-likeness (QED) is 0.845. The number of rotatable bonds is 6. The van der Waals surface area contributed by atoms with E-state index in [1.807, 2.05) is 0 Å². The summed E-state index contributed by atoms with van der Waals surface area (Å²) in [6.07, 6.45) is 0.980. The van der Waals surface area contributed by atoms with E-state index in [1.165, 1.54) is 12.1 Å². The molecule has 2 N–H and O–H groups in total. The fraction of sp³-hybridized carbons (Fsp3) is 0.133. The Hall–Kier alpha value is -2.67. The van der Waals surface area contributed by atoms with Gasteiger partial charge in [-0.1, -0.05) is 11.6 Å². The van der Waals surface area contributed by atoms with Gasteiger partial charge in [-0.05, 0) is 36.4 Å². The molecule has 2 aromatic rings. The molecule has 0 aliphatic rings. The summed E-state index contributed by atoms with van der Waals surface area (Å²) in [4.78, 5) is 26.8. The second-order valence-electron chi connectivity index (χ2n) is 4.43. The van der Waals surface area contributed by atoms with Crippen LogP contribution in [0.4, 0.5) is 10.2 Å². The Bertz CT molecular complexity index is 677. The van der Waals surface area contributed by atoms with Gasteiger partial charge < -0.3 is 15.4 Å². The number of ether oxygens (including phenoxy) is 1. The highest BCUT2D eigenvalue weighted by Gasteiger charge is 2.07. The number of carbonyl (C=O) groups excluding carboxylic acids is 2. The largest absolute Gasteiger partial charge is 0.484 e. The second kappa shape index (κ2) is 8.09. The molecule has 2 rings (SSSR count). The van der Waals surface area contributed by atoms with E-state index in [4.69, 9.17) is 16.3 Å². The molecule has 0 aliphatic carbocycles. The third-order valence-electron chi connectivity index (χ3n) is 2.62. The van der Waals surface area contributed by atoms with Crippen LogP contribution in [0.15, 0.2) is 42.6 Å². The predicted octanol–water partition coefficient (Wildman–Crippen LogP) is 2.01. The number of pyridine rings is 1. The molecule has 0 bridgehead atoms. The number of nitrogens with one attached hydrogen (secondary N) is 2. The lowest BCUT2D eigenvalue weighted by atomic mass is 10.3. The molecule has 23 heavy (non-hydrogen) atoms. The van der Waals surface area contributed by atoms with Gasteiger partial charge in [-0.3, -0.25) is 9.59 Å². The first-order chi connectivity index (χ1) is 11.0. The van der Waals surface area contributed by atoms with Crippen LogP contribution < -0.4 is 15.4 Å². The van der Waals surface area contributed by atoms with E-state index in [1.54, 1.807) is 24.3 Å². The van der Waals surface area contributed by atoms with Crippen molar-refractivity contribution in [2.24, 2.45) is 0 Å². The number of hydrogen-bond acceptors (Lipinski definition) is 4. The maximum atomic E-state index is 12.7. The third-order valence-corrected chi connectivity index (χ3v) is 2.88.